The Morgan fingerprint density at radius 1 is 0.321 bits per heavy atom. The lowest BCUT2D eigenvalue weighted by atomic mass is 10.0. The van der Waals surface area contributed by atoms with Crippen LogP contribution in [0.15, 0.2) is 225 Å². The number of aliphatic hydroxyl groups excluding tert-OH is 1. The Hall–Kier alpha value is -11.9. The van der Waals surface area contributed by atoms with Crippen LogP contribution in [0.4, 0.5) is 132 Å². The van der Waals surface area contributed by atoms with Gasteiger partial charge in [0.05, 0.1) is 45.0 Å². The molecule has 0 radical (unpaired) electrons. The highest BCUT2D eigenvalue weighted by Crippen LogP contribution is 2.41. The number of hydrogen-bond acceptors (Lipinski definition) is 14. The van der Waals surface area contributed by atoms with Crippen molar-refractivity contribution in [3.05, 3.63) is 326 Å². The summed E-state index contributed by atoms with van der Waals surface area (Å²) in [5.41, 5.74) is 8.22. The van der Waals surface area contributed by atoms with Crippen LogP contribution >= 0.6 is 0 Å². The molecule has 0 saturated carbocycles. The SMILES string of the molecule is Cc1cc(N(C)CCc2ccccn2)cc(C(F)(F)F)c1.Cc1cc(N(C)CCc2ccncc2)cc(C(F)(F)F)c1.Cc1cc(N2CCC(O)CC2)cc(C(F)(F)F)c1.Cc1cc(N2CC[C@@H](N(C)C)C2)cc(C(F)(F)F)c1.Cc1cc(N2CC[C@H](N(C)C)C2)cc(C(F)(F)F)c1.Cc1cc(NCCc2ccncc2)cc(C(F)(F)F)c1.Cc1cc(NCc2ccncc2)cc(C(F)(F)F)c1. The number of alkyl halides is 21. The van der Waals surface area contributed by atoms with Crippen molar-refractivity contribution in [2.24, 2.45) is 0 Å². The molecule has 4 aromatic heterocycles. The van der Waals surface area contributed by atoms with E-state index in [0.717, 1.165) is 111 Å². The quantitative estimate of drug-likeness (QED) is 0.0628. The van der Waals surface area contributed by atoms with Gasteiger partial charge in [0.25, 0.3) is 0 Å². The van der Waals surface area contributed by atoms with Crippen LogP contribution in [-0.2, 0) is 69.0 Å². The monoisotopic (exact) mass is 1940 g/mol. The fraction of sp³-hybridized carbons (Fsp3) is 0.392. The first-order valence-corrected chi connectivity index (χ1v) is 44.1. The molecule has 3 aliphatic heterocycles. The topological polar surface area (TPSA) is 119 Å². The van der Waals surface area contributed by atoms with Gasteiger partial charge < -0.3 is 50.0 Å². The van der Waals surface area contributed by atoms with Crippen LogP contribution in [0.5, 0.6) is 0 Å². The van der Waals surface area contributed by atoms with Crippen molar-refractivity contribution in [1.82, 2.24) is 29.7 Å². The fourth-order valence-electron chi connectivity index (χ4n) is 15.2. The molecule has 0 amide bonds. The molecule has 0 unspecified atom stereocenters. The predicted octanol–water partition coefficient (Wildman–Crippen LogP) is 25.5. The van der Waals surface area contributed by atoms with Gasteiger partial charge >= 0.3 is 43.2 Å². The van der Waals surface area contributed by atoms with Crippen molar-refractivity contribution in [3.63, 3.8) is 0 Å². The lowest BCUT2D eigenvalue weighted by Gasteiger charge is -2.32. The summed E-state index contributed by atoms with van der Waals surface area (Å²) in [6.45, 7) is 18.4. The van der Waals surface area contributed by atoms with Gasteiger partial charge in [0.2, 0.25) is 0 Å². The van der Waals surface area contributed by atoms with Crippen molar-refractivity contribution in [2.45, 2.75) is 161 Å². The number of nitrogens with one attached hydrogen (secondary N) is 2. The lowest BCUT2D eigenvalue weighted by molar-refractivity contribution is -0.138. The van der Waals surface area contributed by atoms with Crippen LogP contribution in [0.1, 0.15) is 126 Å². The zero-order chi connectivity index (χ0) is 101. The molecule has 3 saturated heterocycles. The maximum atomic E-state index is 12.8. The molecule has 0 spiro atoms. The standard InChI is InChI=1S/2C16H17F3N2.C15H15F3N2.2C14H19F3N2.C14H13F3N2.C13H16F3NO/c1-12-9-14(16(17,18)19)11-15(10-12)21(2)8-5-13-3-6-20-7-4-13;1-12-9-13(16(17,18)19)11-15(10-12)21(2)8-6-14-5-3-4-7-20-14;1-11-8-13(15(16,17)18)10-14(9-11)20-7-4-12-2-5-19-6-3-12;2*1-10-6-11(14(15,16)17)8-13(7-10)19-5-4-12(9-19)18(2)3;1-10-6-12(14(15,16)17)8-13(7-10)19-9-11-2-4-18-5-3-11;1-9-6-10(13(14,15)16)8-11(7-9)17-4-2-12(18)3-5-17/h3-4,6-7,9-11H,5,8H2,1-2H3;3-5,7,9-11H,6,8H2,1-2H3;2-3,5-6,8-10,20H,4,7H2,1H3;2*6-8,12H,4-5,9H2,1-3H3;2-8,19H,9H2,1H3;6-8,12,18H,2-5H2,1H3/t;;;2*12-;;/m...10../s1. The predicted molar refractivity (Wildman–Crippen MR) is 500 cm³/mol. The first-order valence-electron chi connectivity index (χ1n) is 44.1. The van der Waals surface area contributed by atoms with Crippen LogP contribution in [0.25, 0.3) is 0 Å². The van der Waals surface area contributed by atoms with Gasteiger partial charge in [0, 0.05) is 187 Å². The number of rotatable bonds is 20. The minimum atomic E-state index is -4.32. The molecule has 35 heteroatoms. The van der Waals surface area contributed by atoms with E-state index in [1.54, 1.807) is 136 Å². The van der Waals surface area contributed by atoms with E-state index in [1.807, 2.05) is 119 Å². The zero-order valence-corrected chi connectivity index (χ0v) is 78.4. The second-order valence-corrected chi connectivity index (χ2v) is 34.6. The molecular weight excluding hydrogens is 1820 g/mol. The number of benzene rings is 7. The van der Waals surface area contributed by atoms with Gasteiger partial charge in [-0.1, -0.05) is 6.07 Å². The second kappa shape index (κ2) is 49.4. The highest BCUT2D eigenvalue weighted by Gasteiger charge is 2.38. The number of aryl methyl sites for hydroxylation is 7. The van der Waals surface area contributed by atoms with Gasteiger partial charge in [-0.05, 0) is 347 Å². The van der Waals surface area contributed by atoms with Crippen LogP contribution in [0.3, 0.4) is 0 Å². The van der Waals surface area contributed by atoms with E-state index >= 15 is 0 Å². The van der Waals surface area contributed by atoms with E-state index in [1.165, 1.54) is 48.5 Å². The van der Waals surface area contributed by atoms with Crippen LogP contribution in [-0.4, -0.2) is 154 Å². The molecule has 11 aromatic rings. The summed E-state index contributed by atoms with van der Waals surface area (Å²) in [5, 5.41) is 15.4. The highest BCUT2D eigenvalue weighted by molar-refractivity contribution is 5.58. The summed E-state index contributed by atoms with van der Waals surface area (Å²) in [6.07, 6.45) is -13.3. The molecule has 137 heavy (non-hydrogen) atoms. The first-order chi connectivity index (χ1) is 64.0. The molecule has 14 nitrogen and oxygen atoms in total. The molecule has 0 bridgehead atoms. The average molecular weight is 1940 g/mol. The summed E-state index contributed by atoms with van der Waals surface area (Å²) < 4.78 is 268. The number of piperidine rings is 1. The molecule has 2 atom stereocenters. The van der Waals surface area contributed by atoms with Crippen LogP contribution in [0.2, 0.25) is 0 Å². The number of hydrogen-bond donors (Lipinski definition) is 3. The van der Waals surface area contributed by atoms with Gasteiger partial charge in [-0.2, -0.15) is 92.2 Å². The Morgan fingerprint density at radius 3 is 0.971 bits per heavy atom. The molecule has 742 valence electrons. The summed E-state index contributed by atoms with van der Waals surface area (Å²) >= 11 is 0. The Morgan fingerprint density at radius 2 is 0.628 bits per heavy atom. The summed E-state index contributed by atoms with van der Waals surface area (Å²) in [7, 11) is 11.6. The Labute approximate surface area is 786 Å². The average Bonchev–Trinajstić information content (AvgIpc) is 1.58. The molecule has 3 aliphatic rings. The molecule has 14 rings (SSSR count). The summed E-state index contributed by atoms with van der Waals surface area (Å²) in [4.78, 5) is 29.8. The molecular formula is C102H116F21N13O. The van der Waals surface area contributed by atoms with Crippen molar-refractivity contribution in [2.75, 3.05) is 136 Å². The number of likely N-dealkylation sites (N-methyl/N-ethyl adjacent to an activating group) is 4. The second-order valence-electron chi connectivity index (χ2n) is 34.6. The number of anilines is 7. The van der Waals surface area contributed by atoms with Gasteiger partial charge in [-0.3, -0.25) is 19.9 Å². The summed E-state index contributed by atoms with van der Waals surface area (Å²) in [5.74, 6) is 0. The maximum Gasteiger partial charge on any atom is 0.416 e. The van der Waals surface area contributed by atoms with Gasteiger partial charge in [0.15, 0.2) is 0 Å². The van der Waals surface area contributed by atoms with Crippen LogP contribution < -0.4 is 35.1 Å². The number of halogens is 21. The number of aromatic nitrogens is 4. The minimum absolute atomic E-state index is 0.326. The number of aliphatic hydroxyl groups is 1. The van der Waals surface area contributed by atoms with E-state index in [9.17, 15) is 97.3 Å². The smallest absolute Gasteiger partial charge is 0.393 e. The number of nitrogens with zero attached hydrogens (tertiary/aromatic N) is 11. The Kier molecular flexibility index (Phi) is 39.9. The largest absolute Gasteiger partial charge is 0.416 e. The Bertz CT molecular complexity index is 5340. The molecule has 0 aliphatic carbocycles. The molecule has 7 heterocycles. The molecule has 3 fully saturated rings. The third-order valence-corrected chi connectivity index (χ3v) is 22.6. The number of pyridine rings is 4. The first kappa shape index (κ1) is 110. The molecule has 7 aromatic carbocycles. The van der Waals surface area contributed by atoms with Gasteiger partial charge in [-0.25, -0.2) is 0 Å². The zero-order valence-electron chi connectivity index (χ0n) is 78.4. The normalized spacial score (nSPS) is 14.8. The molecule has 3 N–H and O–H groups in total. The third kappa shape index (κ3) is 37.2. The van der Waals surface area contributed by atoms with Crippen molar-refractivity contribution in [1.29, 1.82) is 0 Å². The maximum absolute atomic E-state index is 12.8. The summed E-state index contributed by atoms with van der Waals surface area (Å²) in [6, 6.07) is 46.5. The van der Waals surface area contributed by atoms with Gasteiger partial charge in [-0.15, -0.1) is 0 Å². The van der Waals surface area contributed by atoms with E-state index in [4.69, 9.17) is 0 Å². The van der Waals surface area contributed by atoms with E-state index < -0.39 is 82.2 Å². The highest BCUT2D eigenvalue weighted by atomic mass is 19.4. The van der Waals surface area contributed by atoms with E-state index in [2.05, 4.69) is 40.4 Å². The van der Waals surface area contributed by atoms with Crippen molar-refractivity contribution in [3.8, 4) is 0 Å². The van der Waals surface area contributed by atoms with Gasteiger partial charge in [0.1, 0.15) is 0 Å². The Balaban J connectivity index is 0.000000196. The van der Waals surface area contributed by atoms with Crippen molar-refractivity contribution >= 4 is 39.8 Å². The minimum Gasteiger partial charge on any atom is -0.393 e. The van der Waals surface area contributed by atoms with E-state index in [-0.39, 0.29) is 6.10 Å². The van der Waals surface area contributed by atoms with Crippen LogP contribution in [0, 0.1) is 48.5 Å². The fourth-order valence-corrected chi connectivity index (χ4v) is 15.2. The van der Waals surface area contributed by atoms with E-state index in [0.29, 0.717) is 149 Å². The lowest BCUT2D eigenvalue weighted by Crippen LogP contribution is -2.35. The van der Waals surface area contributed by atoms with Crippen molar-refractivity contribution < 1.29 is 97.3 Å². The third-order valence-electron chi connectivity index (χ3n) is 22.6.